The van der Waals surface area contributed by atoms with Crippen molar-refractivity contribution >= 4 is 17.3 Å². The minimum Gasteiger partial charge on any atom is -0.461 e. The van der Waals surface area contributed by atoms with E-state index in [1.165, 1.54) is 11.3 Å². The lowest BCUT2D eigenvalue weighted by molar-refractivity contribution is 0.0525. The fraction of sp³-hybridized carbons (Fsp3) is 0.500. The lowest BCUT2D eigenvalue weighted by Crippen LogP contribution is -2.03. The van der Waals surface area contributed by atoms with Crippen LogP contribution in [0.15, 0.2) is 0 Å². The van der Waals surface area contributed by atoms with Gasteiger partial charge < -0.3 is 4.74 Å². The summed E-state index contributed by atoms with van der Waals surface area (Å²) in [5.74, 6) is 2.15. The number of terminal acetylenes is 1. The van der Waals surface area contributed by atoms with Gasteiger partial charge in [-0.15, -0.1) is 22.5 Å². The number of hydrogen-bond donors (Lipinski definition) is 0. The van der Waals surface area contributed by atoms with Gasteiger partial charge in [0.15, 0.2) is 0 Å². The molecule has 0 spiro atoms. The molecule has 0 aliphatic carbocycles. The molecule has 0 radical (unpaired) electrons. The molecule has 0 N–H and O–H groups in total. The predicted octanol–water partition coefficient (Wildman–Crippen LogP) is 1.67. The number of ether oxygens (including phenoxy) is 1. The Labute approximate surface area is 92.7 Å². The zero-order valence-corrected chi connectivity index (χ0v) is 9.34. The Balaban J connectivity index is 2.49. The lowest BCUT2D eigenvalue weighted by atomic mass is 10.2. The number of carbonyl (C=O) groups is 1. The molecule has 0 atom stereocenters. The Morgan fingerprint density at radius 3 is 3.07 bits per heavy atom. The highest BCUT2D eigenvalue weighted by Gasteiger charge is 2.12. The maximum absolute atomic E-state index is 11.2. The monoisotopic (exact) mass is 224 g/mol. The summed E-state index contributed by atoms with van der Waals surface area (Å²) in [5.41, 5.74) is 0. The van der Waals surface area contributed by atoms with Gasteiger partial charge in [0.2, 0.25) is 5.01 Å². The molecule has 4 nitrogen and oxygen atoms in total. The van der Waals surface area contributed by atoms with Crippen LogP contribution in [0.25, 0.3) is 0 Å². The van der Waals surface area contributed by atoms with Crippen molar-refractivity contribution in [3.05, 3.63) is 10.0 Å². The van der Waals surface area contributed by atoms with Crippen LogP contribution in [-0.2, 0) is 11.2 Å². The highest BCUT2D eigenvalue weighted by molar-refractivity contribution is 7.13. The van der Waals surface area contributed by atoms with Crippen LogP contribution in [0, 0.1) is 12.3 Å². The van der Waals surface area contributed by atoms with E-state index < -0.39 is 5.97 Å². The zero-order valence-electron chi connectivity index (χ0n) is 8.52. The third-order valence-corrected chi connectivity index (χ3v) is 2.59. The minimum absolute atomic E-state index is 0.313. The van der Waals surface area contributed by atoms with E-state index in [0.717, 1.165) is 17.8 Å². The number of esters is 1. The Morgan fingerprint density at radius 2 is 2.40 bits per heavy atom. The third kappa shape index (κ3) is 3.68. The van der Waals surface area contributed by atoms with Gasteiger partial charge in [0.1, 0.15) is 5.01 Å². The fourth-order valence-electron chi connectivity index (χ4n) is 0.972. The van der Waals surface area contributed by atoms with Gasteiger partial charge in [-0.05, 0) is 13.3 Å². The van der Waals surface area contributed by atoms with Crippen LogP contribution in [0.5, 0.6) is 0 Å². The van der Waals surface area contributed by atoms with Crippen LogP contribution in [0.4, 0.5) is 0 Å². The number of aromatic nitrogens is 2. The molecular formula is C10H12N2O2S. The van der Waals surface area contributed by atoms with Crippen molar-refractivity contribution in [3.63, 3.8) is 0 Å². The number of nitrogens with zero attached hydrogens (tertiary/aromatic N) is 2. The fourth-order valence-corrected chi connectivity index (χ4v) is 1.75. The average Bonchev–Trinajstić information content (AvgIpc) is 2.67. The van der Waals surface area contributed by atoms with Crippen molar-refractivity contribution in [1.82, 2.24) is 10.2 Å². The largest absolute Gasteiger partial charge is 0.461 e. The number of aryl methyl sites for hydroxylation is 1. The molecule has 0 unspecified atom stereocenters. The van der Waals surface area contributed by atoms with E-state index in [2.05, 4.69) is 16.1 Å². The molecule has 0 fully saturated rings. The Morgan fingerprint density at radius 1 is 1.60 bits per heavy atom. The van der Waals surface area contributed by atoms with Gasteiger partial charge in [0, 0.05) is 12.8 Å². The van der Waals surface area contributed by atoms with Gasteiger partial charge >= 0.3 is 5.97 Å². The van der Waals surface area contributed by atoms with Gasteiger partial charge in [0.05, 0.1) is 6.61 Å². The summed E-state index contributed by atoms with van der Waals surface area (Å²) >= 11 is 1.27. The summed E-state index contributed by atoms with van der Waals surface area (Å²) in [6, 6.07) is 0. The number of hydrogen-bond acceptors (Lipinski definition) is 5. The normalized spacial score (nSPS) is 9.60. The Kier molecular flexibility index (Phi) is 4.78. The van der Waals surface area contributed by atoms with E-state index in [1.54, 1.807) is 6.92 Å². The molecular weight excluding hydrogens is 212 g/mol. The van der Waals surface area contributed by atoms with Gasteiger partial charge in [0.25, 0.3) is 0 Å². The molecule has 1 aromatic heterocycles. The van der Waals surface area contributed by atoms with Crippen LogP contribution in [0.3, 0.4) is 0 Å². The maximum Gasteiger partial charge on any atom is 0.369 e. The van der Waals surface area contributed by atoms with Crippen molar-refractivity contribution in [2.24, 2.45) is 0 Å². The molecule has 0 aromatic carbocycles. The van der Waals surface area contributed by atoms with E-state index in [1.807, 2.05) is 0 Å². The Bertz CT molecular complexity index is 368. The molecule has 0 aliphatic rings. The smallest absolute Gasteiger partial charge is 0.369 e. The molecule has 1 heterocycles. The summed E-state index contributed by atoms with van der Waals surface area (Å²) < 4.78 is 4.80. The van der Waals surface area contributed by atoms with Gasteiger partial charge in [-0.2, -0.15) is 0 Å². The van der Waals surface area contributed by atoms with Crippen molar-refractivity contribution in [2.45, 2.75) is 26.2 Å². The number of unbranched alkanes of at least 4 members (excludes halogenated alkanes) is 1. The molecule has 0 aliphatic heterocycles. The zero-order chi connectivity index (χ0) is 11.1. The maximum atomic E-state index is 11.2. The topological polar surface area (TPSA) is 52.1 Å². The second kappa shape index (κ2) is 6.14. The molecule has 80 valence electrons. The van der Waals surface area contributed by atoms with Crippen molar-refractivity contribution < 1.29 is 9.53 Å². The van der Waals surface area contributed by atoms with Gasteiger partial charge in [-0.1, -0.05) is 11.3 Å². The SMILES string of the molecule is C#CCCCc1nnc(C(=O)OCC)s1. The van der Waals surface area contributed by atoms with Gasteiger partial charge in [-0.25, -0.2) is 4.79 Å². The standard InChI is InChI=1S/C10H12N2O2S/c1-3-5-6-7-8-11-12-9(15-8)10(13)14-4-2/h1H,4-7H2,2H3. The second-order valence-electron chi connectivity index (χ2n) is 2.78. The first kappa shape index (κ1) is 11.7. The quantitative estimate of drug-likeness (QED) is 0.433. The van der Waals surface area contributed by atoms with Crippen molar-refractivity contribution in [2.75, 3.05) is 6.61 Å². The van der Waals surface area contributed by atoms with E-state index in [9.17, 15) is 4.79 Å². The van der Waals surface area contributed by atoms with Crippen molar-refractivity contribution in [3.8, 4) is 12.3 Å². The first-order chi connectivity index (χ1) is 7.27. The summed E-state index contributed by atoms with van der Waals surface area (Å²) in [5, 5.41) is 8.79. The van der Waals surface area contributed by atoms with Gasteiger partial charge in [-0.3, -0.25) is 0 Å². The number of carbonyl (C=O) groups excluding carboxylic acids is 1. The lowest BCUT2D eigenvalue weighted by Gasteiger charge is -1.94. The highest BCUT2D eigenvalue weighted by atomic mass is 32.1. The van der Waals surface area contributed by atoms with Crippen LogP contribution >= 0.6 is 11.3 Å². The molecule has 0 bridgehead atoms. The van der Waals surface area contributed by atoms with Crippen LogP contribution in [0.2, 0.25) is 0 Å². The van der Waals surface area contributed by atoms with Crippen LogP contribution < -0.4 is 0 Å². The molecule has 0 saturated carbocycles. The molecule has 0 saturated heterocycles. The van der Waals surface area contributed by atoms with E-state index in [4.69, 9.17) is 11.2 Å². The summed E-state index contributed by atoms with van der Waals surface area (Å²) in [4.78, 5) is 11.2. The van der Waals surface area contributed by atoms with Crippen LogP contribution in [-0.4, -0.2) is 22.8 Å². The minimum atomic E-state index is -0.404. The molecule has 1 aromatic rings. The predicted molar refractivity (Wildman–Crippen MR) is 57.6 cm³/mol. The Hall–Kier alpha value is -1.41. The van der Waals surface area contributed by atoms with E-state index in [0.29, 0.717) is 18.0 Å². The molecule has 0 amide bonds. The van der Waals surface area contributed by atoms with Crippen LogP contribution in [0.1, 0.15) is 34.6 Å². The first-order valence-electron chi connectivity index (χ1n) is 4.71. The highest BCUT2D eigenvalue weighted by Crippen LogP contribution is 2.13. The molecule has 15 heavy (non-hydrogen) atoms. The molecule has 5 heteroatoms. The van der Waals surface area contributed by atoms with Crippen molar-refractivity contribution in [1.29, 1.82) is 0 Å². The first-order valence-corrected chi connectivity index (χ1v) is 5.52. The van der Waals surface area contributed by atoms with E-state index in [-0.39, 0.29) is 0 Å². The summed E-state index contributed by atoms with van der Waals surface area (Å²) in [7, 11) is 0. The second-order valence-corrected chi connectivity index (χ2v) is 3.84. The summed E-state index contributed by atoms with van der Waals surface area (Å²) in [6.45, 7) is 2.11. The average molecular weight is 224 g/mol. The summed E-state index contributed by atoms with van der Waals surface area (Å²) in [6.07, 6.45) is 7.48. The third-order valence-electron chi connectivity index (χ3n) is 1.63. The number of rotatable bonds is 5. The molecule has 1 rings (SSSR count). The van der Waals surface area contributed by atoms with E-state index >= 15 is 0 Å².